The van der Waals surface area contributed by atoms with Crippen molar-refractivity contribution < 1.29 is 14.3 Å². The molecule has 4 rings (SSSR count). The molecule has 27 heavy (non-hydrogen) atoms. The monoisotopic (exact) mass is 365 g/mol. The summed E-state index contributed by atoms with van der Waals surface area (Å²) in [6.45, 7) is 1.62. The van der Waals surface area contributed by atoms with Crippen molar-refractivity contribution in [2.45, 2.75) is 31.4 Å². The van der Waals surface area contributed by atoms with Gasteiger partial charge in [-0.05, 0) is 49.2 Å². The minimum Gasteiger partial charge on any atom is -0.480 e. The highest BCUT2D eigenvalue weighted by Gasteiger charge is 2.28. The van der Waals surface area contributed by atoms with Crippen LogP contribution in [-0.2, 0) is 11.2 Å². The molecular formula is C21H23N3O3. The third-order valence-corrected chi connectivity index (χ3v) is 5.00. The van der Waals surface area contributed by atoms with Crippen molar-refractivity contribution in [2.75, 3.05) is 18.4 Å². The number of anilines is 1. The molecule has 2 aromatic rings. The van der Waals surface area contributed by atoms with Gasteiger partial charge in [0.05, 0.1) is 0 Å². The highest BCUT2D eigenvalue weighted by molar-refractivity contribution is 5.98. The van der Waals surface area contributed by atoms with Crippen molar-refractivity contribution in [1.29, 1.82) is 0 Å². The predicted octanol–water partition coefficient (Wildman–Crippen LogP) is 2.11. The molecule has 0 bridgehead atoms. The molecule has 2 aliphatic heterocycles. The topological polar surface area (TPSA) is 79.5 Å². The van der Waals surface area contributed by atoms with E-state index < -0.39 is 6.10 Å². The summed E-state index contributed by atoms with van der Waals surface area (Å²) in [4.78, 5) is 24.9. The Morgan fingerprint density at radius 1 is 1.15 bits per heavy atom. The number of rotatable bonds is 5. The fourth-order valence-electron chi connectivity index (χ4n) is 3.54. The van der Waals surface area contributed by atoms with E-state index in [4.69, 9.17) is 4.74 Å². The van der Waals surface area contributed by atoms with E-state index in [-0.39, 0.29) is 11.8 Å². The number of ether oxygens (including phenoxy) is 1. The van der Waals surface area contributed by atoms with Gasteiger partial charge in [0, 0.05) is 30.3 Å². The fourth-order valence-corrected chi connectivity index (χ4v) is 3.54. The fraction of sp³-hybridized carbons (Fsp3) is 0.333. The summed E-state index contributed by atoms with van der Waals surface area (Å²) in [6, 6.07) is 15.0. The van der Waals surface area contributed by atoms with Gasteiger partial charge in [0.2, 0.25) is 0 Å². The minimum atomic E-state index is -0.548. The first-order valence-corrected chi connectivity index (χ1v) is 9.36. The first kappa shape index (κ1) is 17.5. The Kier molecular flexibility index (Phi) is 5.07. The lowest BCUT2D eigenvalue weighted by atomic mass is 10.1. The number of carbonyl (C=O) groups excluding carboxylic acids is 2. The molecule has 0 aliphatic carbocycles. The summed E-state index contributed by atoms with van der Waals surface area (Å²) in [5, 5.41) is 9.16. The average molecular weight is 365 g/mol. The smallest absolute Gasteiger partial charge is 0.265 e. The number of hydrogen-bond donors (Lipinski definition) is 3. The zero-order valence-corrected chi connectivity index (χ0v) is 15.0. The summed E-state index contributed by atoms with van der Waals surface area (Å²) < 4.78 is 5.72. The van der Waals surface area contributed by atoms with Crippen LogP contribution in [-0.4, -0.2) is 37.0 Å². The van der Waals surface area contributed by atoms with E-state index in [9.17, 15) is 9.59 Å². The molecule has 0 aromatic heterocycles. The highest BCUT2D eigenvalue weighted by Crippen LogP contribution is 2.28. The average Bonchev–Trinajstić information content (AvgIpc) is 3.35. The van der Waals surface area contributed by atoms with Crippen molar-refractivity contribution in [3.05, 3.63) is 59.7 Å². The molecule has 0 spiro atoms. The molecule has 2 unspecified atom stereocenters. The number of hydrogen-bond acceptors (Lipinski definition) is 4. The Morgan fingerprint density at radius 3 is 2.85 bits per heavy atom. The maximum absolute atomic E-state index is 12.5. The first-order valence-electron chi connectivity index (χ1n) is 9.36. The zero-order valence-electron chi connectivity index (χ0n) is 15.0. The van der Waals surface area contributed by atoms with Crippen LogP contribution in [0.15, 0.2) is 48.5 Å². The summed E-state index contributed by atoms with van der Waals surface area (Å²) in [6.07, 6.45) is 2.24. The number of para-hydroxylation sites is 1. The van der Waals surface area contributed by atoms with Crippen LogP contribution in [0.5, 0.6) is 5.75 Å². The zero-order chi connectivity index (χ0) is 18.6. The number of amides is 2. The molecule has 1 saturated heterocycles. The van der Waals surface area contributed by atoms with Crippen molar-refractivity contribution in [2.24, 2.45) is 0 Å². The molecular weight excluding hydrogens is 342 g/mol. The lowest BCUT2D eigenvalue weighted by Gasteiger charge is -2.13. The second-order valence-corrected chi connectivity index (χ2v) is 6.99. The second-order valence-electron chi connectivity index (χ2n) is 6.99. The molecule has 0 radical (unpaired) electrons. The molecule has 2 heterocycles. The SMILES string of the molecule is O=C(NCC1CCCN1)c1cccc(NC(=O)C2Cc3ccccc3O2)c1. The minimum absolute atomic E-state index is 0.135. The number of carbonyl (C=O) groups is 2. The molecule has 3 N–H and O–H groups in total. The van der Waals surface area contributed by atoms with Crippen LogP contribution in [0.3, 0.4) is 0 Å². The van der Waals surface area contributed by atoms with Crippen LogP contribution in [0.2, 0.25) is 0 Å². The largest absolute Gasteiger partial charge is 0.480 e. The van der Waals surface area contributed by atoms with Crippen LogP contribution in [0.25, 0.3) is 0 Å². The Bertz CT molecular complexity index is 821. The van der Waals surface area contributed by atoms with E-state index in [1.54, 1.807) is 24.3 Å². The van der Waals surface area contributed by atoms with Gasteiger partial charge in [0.15, 0.2) is 6.10 Å². The van der Waals surface area contributed by atoms with Gasteiger partial charge in [-0.2, -0.15) is 0 Å². The van der Waals surface area contributed by atoms with Crippen LogP contribution >= 0.6 is 0 Å². The van der Waals surface area contributed by atoms with Gasteiger partial charge in [0.25, 0.3) is 11.8 Å². The first-order chi connectivity index (χ1) is 13.2. The molecule has 1 fully saturated rings. The lowest BCUT2D eigenvalue weighted by Crippen LogP contribution is -2.37. The Balaban J connectivity index is 1.35. The summed E-state index contributed by atoms with van der Waals surface area (Å²) in [5.41, 5.74) is 2.15. The van der Waals surface area contributed by atoms with Crippen LogP contribution in [0, 0.1) is 0 Å². The van der Waals surface area contributed by atoms with Crippen molar-refractivity contribution in [3.8, 4) is 5.75 Å². The molecule has 2 aliphatic rings. The van der Waals surface area contributed by atoms with Crippen molar-refractivity contribution >= 4 is 17.5 Å². The van der Waals surface area contributed by atoms with Gasteiger partial charge in [-0.15, -0.1) is 0 Å². The third-order valence-electron chi connectivity index (χ3n) is 5.00. The molecule has 6 heteroatoms. The molecule has 0 saturated carbocycles. The van der Waals surface area contributed by atoms with Crippen LogP contribution in [0.1, 0.15) is 28.8 Å². The standard InChI is InChI=1S/C21H23N3O3/c25-20(23-13-17-8-4-10-22-17)15-6-3-7-16(11-15)24-21(26)19-12-14-5-1-2-9-18(14)27-19/h1-3,5-7,9,11,17,19,22H,4,8,10,12-13H2,(H,23,25)(H,24,26). The molecule has 2 atom stereocenters. The van der Waals surface area contributed by atoms with E-state index in [2.05, 4.69) is 16.0 Å². The summed E-state index contributed by atoms with van der Waals surface area (Å²) >= 11 is 0. The maximum atomic E-state index is 12.5. The van der Waals surface area contributed by atoms with Gasteiger partial charge in [-0.25, -0.2) is 0 Å². The highest BCUT2D eigenvalue weighted by atomic mass is 16.5. The van der Waals surface area contributed by atoms with Gasteiger partial charge < -0.3 is 20.7 Å². The van der Waals surface area contributed by atoms with E-state index in [1.807, 2.05) is 24.3 Å². The van der Waals surface area contributed by atoms with E-state index in [1.165, 1.54) is 0 Å². The molecule has 140 valence electrons. The Morgan fingerprint density at radius 2 is 2.04 bits per heavy atom. The summed E-state index contributed by atoms with van der Waals surface area (Å²) in [7, 11) is 0. The second kappa shape index (κ2) is 7.80. The molecule has 2 amide bonds. The normalized spacial score (nSPS) is 20.6. The Labute approximate surface area is 158 Å². The molecule has 2 aromatic carbocycles. The lowest BCUT2D eigenvalue weighted by molar-refractivity contribution is -0.122. The molecule has 6 nitrogen and oxygen atoms in total. The van der Waals surface area contributed by atoms with Gasteiger partial charge in [-0.3, -0.25) is 9.59 Å². The van der Waals surface area contributed by atoms with E-state index >= 15 is 0 Å². The van der Waals surface area contributed by atoms with Crippen LogP contribution in [0.4, 0.5) is 5.69 Å². The van der Waals surface area contributed by atoms with Gasteiger partial charge in [0.1, 0.15) is 5.75 Å². The van der Waals surface area contributed by atoms with E-state index in [0.29, 0.717) is 30.3 Å². The Hall–Kier alpha value is -2.86. The van der Waals surface area contributed by atoms with Gasteiger partial charge in [-0.1, -0.05) is 24.3 Å². The maximum Gasteiger partial charge on any atom is 0.265 e. The number of benzene rings is 2. The quantitative estimate of drug-likeness (QED) is 0.758. The third kappa shape index (κ3) is 4.11. The summed E-state index contributed by atoms with van der Waals surface area (Å²) in [5.74, 6) is 0.412. The van der Waals surface area contributed by atoms with Crippen molar-refractivity contribution in [3.63, 3.8) is 0 Å². The van der Waals surface area contributed by atoms with Crippen LogP contribution < -0.4 is 20.7 Å². The number of nitrogens with one attached hydrogen (secondary N) is 3. The predicted molar refractivity (Wildman–Crippen MR) is 103 cm³/mol. The van der Waals surface area contributed by atoms with Gasteiger partial charge >= 0.3 is 0 Å². The van der Waals surface area contributed by atoms with E-state index in [0.717, 1.165) is 30.7 Å². The van der Waals surface area contributed by atoms with Crippen molar-refractivity contribution in [1.82, 2.24) is 10.6 Å². The number of fused-ring (bicyclic) bond motifs is 1.